The van der Waals surface area contributed by atoms with Crippen LogP contribution in [0.15, 0.2) is 40.6 Å². The van der Waals surface area contributed by atoms with Crippen LogP contribution in [0.3, 0.4) is 0 Å². The maximum absolute atomic E-state index is 12.7. The number of rotatable bonds is 6. The molecule has 0 aliphatic heterocycles. The predicted molar refractivity (Wildman–Crippen MR) is 95.7 cm³/mol. The molecule has 10 heteroatoms. The van der Waals surface area contributed by atoms with Gasteiger partial charge in [-0.25, -0.2) is 8.42 Å². The topological polar surface area (TPSA) is 92.8 Å². The van der Waals surface area contributed by atoms with Gasteiger partial charge in [0.25, 0.3) is 15.9 Å². The molecule has 1 aromatic carbocycles. The molecule has 0 unspecified atom stereocenters. The van der Waals surface area contributed by atoms with E-state index in [9.17, 15) is 18.0 Å². The highest BCUT2D eigenvalue weighted by Crippen LogP contribution is 2.30. The molecule has 1 heterocycles. The summed E-state index contributed by atoms with van der Waals surface area (Å²) in [6, 6.07) is 7.24. The lowest BCUT2D eigenvalue weighted by atomic mass is 10.3. The standard InChI is InChI=1S/C15H15ClN2O5S2/c1-18(25(21,22)11-5-3-10(16)4-6-11)12-7-8-24-14(12)15(20)17-9-13(19)23-2/h3-8H,9H2,1-2H3,(H,17,20). The first-order chi connectivity index (χ1) is 11.8. The Morgan fingerprint density at radius 2 is 1.88 bits per heavy atom. The minimum Gasteiger partial charge on any atom is -0.468 e. The van der Waals surface area contributed by atoms with E-state index in [-0.39, 0.29) is 22.0 Å². The summed E-state index contributed by atoms with van der Waals surface area (Å²) in [6.07, 6.45) is 0. The van der Waals surface area contributed by atoms with Crippen molar-refractivity contribution >= 4 is 50.5 Å². The Labute approximate surface area is 154 Å². The average molecular weight is 403 g/mol. The smallest absolute Gasteiger partial charge is 0.325 e. The Morgan fingerprint density at radius 1 is 1.24 bits per heavy atom. The van der Waals surface area contributed by atoms with Gasteiger partial charge in [-0.15, -0.1) is 11.3 Å². The summed E-state index contributed by atoms with van der Waals surface area (Å²) < 4.78 is 30.9. The lowest BCUT2D eigenvalue weighted by molar-refractivity contribution is -0.139. The molecule has 2 aromatic rings. The fraction of sp³-hybridized carbons (Fsp3) is 0.200. The number of carbonyl (C=O) groups excluding carboxylic acids is 2. The molecule has 25 heavy (non-hydrogen) atoms. The minimum absolute atomic E-state index is 0.0477. The molecule has 0 spiro atoms. The van der Waals surface area contributed by atoms with Crippen molar-refractivity contribution in [1.29, 1.82) is 0 Å². The van der Waals surface area contributed by atoms with Crippen molar-refractivity contribution in [3.05, 3.63) is 45.6 Å². The van der Waals surface area contributed by atoms with Crippen LogP contribution in [0.4, 0.5) is 5.69 Å². The van der Waals surface area contributed by atoms with E-state index in [1.807, 2.05) is 0 Å². The fourth-order valence-corrected chi connectivity index (χ4v) is 4.15. The second-order valence-electron chi connectivity index (χ2n) is 4.82. The maximum atomic E-state index is 12.7. The highest BCUT2D eigenvalue weighted by molar-refractivity contribution is 7.92. The summed E-state index contributed by atoms with van der Waals surface area (Å²) in [4.78, 5) is 23.6. The molecule has 2 rings (SSSR count). The van der Waals surface area contributed by atoms with Crippen LogP contribution in [0.5, 0.6) is 0 Å². The number of benzene rings is 1. The van der Waals surface area contributed by atoms with E-state index >= 15 is 0 Å². The normalized spacial score (nSPS) is 11.0. The molecule has 0 bridgehead atoms. The monoisotopic (exact) mass is 402 g/mol. The van der Waals surface area contributed by atoms with Gasteiger partial charge in [-0.05, 0) is 35.7 Å². The Morgan fingerprint density at radius 3 is 2.48 bits per heavy atom. The van der Waals surface area contributed by atoms with Crippen LogP contribution in [0.2, 0.25) is 5.02 Å². The number of halogens is 1. The first-order valence-electron chi connectivity index (χ1n) is 6.94. The summed E-state index contributed by atoms with van der Waals surface area (Å²) in [5, 5.41) is 4.40. The highest BCUT2D eigenvalue weighted by atomic mass is 35.5. The number of hydrogen-bond donors (Lipinski definition) is 1. The van der Waals surface area contributed by atoms with Gasteiger partial charge in [-0.3, -0.25) is 13.9 Å². The highest BCUT2D eigenvalue weighted by Gasteiger charge is 2.26. The molecule has 0 aliphatic rings. The van der Waals surface area contributed by atoms with Gasteiger partial charge < -0.3 is 10.1 Å². The van der Waals surface area contributed by atoms with E-state index in [0.29, 0.717) is 5.02 Å². The Kier molecular flexibility index (Phi) is 6.04. The maximum Gasteiger partial charge on any atom is 0.325 e. The van der Waals surface area contributed by atoms with Crippen LogP contribution in [0.1, 0.15) is 9.67 Å². The number of methoxy groups -OCH3 is 1. The minimum atomic E-state index is -3.86. The number of nitrogens with zero attached hydrogens (tertiary/aromatic N) is 1. The molecule has 0 fully saturated rings. The van der Waals surface area contributed by atoms with Crippen LogP contribution in [0.25, 0.3) is 0 Å². The lowest BCUT2D eigenvalue weighted by Gasteiger charge is -2.19. The van der Waals surface area contributed by atoms with Crippen molar-refractivity contribution in [3.63, 3.8) is 0 Å². The number of sulfonamides is 1. The molecular formula is C15H15ClN2O5S2. The predicted octanol–water partition coefficient (Wildman–Crippen LogP) is 2.13. The van der Waals surface area contributed by atoms with Crippen LogP contribution in [-0.2, 0) is 19.6 Å². The Hall–Kier alpha value is -2.10. The molecule has 134 valence electrons. The number of thiophene rings is 1. The van der Waals surface area contributed by atoms with E-state index in [1.165, 1.54) is 44.5 Å². The van der Waals surface area contributed by atoms with Crippen molar-refractivity contribution in [2.24, 2.45) is 0 Å². The van der Waals surface area contributed by atoms with Crippen LogP contribution in [-0.4, -0.2) is 41.0 Å². The van der Waals surface area contributed by atoms with Gasteiger partial charge in [-0.1, -0.05) is 11.6 Å². The second kappa shape index (κ2) is 7.85. The summed E-state index contributed by atoms with van der Waals surface area (Å²) in [7, 11) is -1.30. The van der Waals surface area contributed by atoms with E-state index in [1.54, 1.807) is 5.38 Å². The zero-order valence-electron chi connectivity index (χ0n) is 13.4. The first-order valence-corrected chi connectivity index (χ1v) is 9.64. The summed E-state index contributed by atoms with van der Waals surface area (Å²) >= 11 is 6.85. The zero-order valence-corrected chi connectivity index (χ0v) is 15.7. The molecule has 0 radical (unpaired) electrons. The molecule has 0 atom stereocenters. The van der Waals surface area contributed by atoms with Crippen LogP contribution in [0, 0.1) is 0 Å². The third kappa shape index (κ3) is 4.30. The quantitative estimate of drug-likeness (QED) is 0.747. The van der Waals surface area contributed by atoms with Crippen molar-refractivity contribution in [2.75, 3.05) is 25.0 Å². The van der Waals surface area contributed by atoms with Gasteiger partial charge >= 0.3 is 5.97 Å². The van der Waals surface area contributed by atoms with Crippen molar-refractivity contribution in [2.45, 2.75) is 4.90 Å². The molecule has 7 nitrogen and oxygen atoms in total. The number of anilines is 1. The lowest BCUT2D eigenvalue weighted by Crippen LogP contribution is -2.32. The molecular weight excluding hydrogens is 388 g/mol. The van der Waals surface area contributed by atoms with Gasteiger partial charge in [0.1, 0.15) is 11.4 Å². The third-order valence-corrected chi connectivity index (χ3v) is 6.22. The second-order valence-corrected chi connectivity index (χ2v) is 8.14. The van der Waals surface area contributed by atoms with Crippen molar-refractivity contribution in [1.82, 2.24) is 5.32 Å². The zero-order chi connectivity index (χ0) is 18.6. The SMILES string of the molecule is COC(=O)CNC(=O)c1sccc1N(C)S(=O)(=O)c1ccc(Cl)cc1. The van der Waals surface area contributed by atoms with Crippen molar-refractivity contribution in [3.8, 4) is 0 Å². The molecule has 1 aromatic heterocycles. The molecule has 0 saturated heterocycles. The van der Waals surface area contributed by atoms with E-state index in [4.69, 9.17) is 11.6 Å². The number of amides is 1. The summed E-state index contributed by atoms with van der Waals surface area (Å²) in [5.41, 5.74) is 0.210. The third-order valence-electron chi connectivity index (χ3n) is 3.28. The number of carbonyl (C=O) groups is 2. The summed E-state index contributed by atoms with van der Waals surface area (Å²) in [6.45, 7) is -0.305. The van der Waals surface area contributed by atoms with Gasteiger partial charge in [0, 0.05) is 12.1 Å². The fourth-order valence-electron chi connectivity index (χ4n) is 1.92. The first kappa shape index (κ1) is 19.2. The Balaban J connectivity index is 2.27. The number of esters is 1. The van der Waals surface area contributed by atoms with Crippen molar-refractivity contribution < 1.29 is 22.7 Å². The van der Waals surface area contributed by atoms with Gasteiger partial charge in [0.15, 0.2) is 0 Å². The molecule has 0 saturated carbocycles. The molecule has 0 aliphatic carbocycles. The largest absolute Gasteiger partial charge is 0.468 e. The van der Waals surface area contributed by atoms with Crippen LogP contribution >= 0.6 is 22.9 Å². The molecule has 1 amide bonds. The Bertz CT molecular complexity index is 878. The van der Waals surface area contributed by atoms with E-state index in [0.717, 1.165) is 15.6 Å². The number of nitrogens with one attached hydrogen (secondary N) is 1. The van der Waals surface area contributed by atoms with Gasteiger partial charge in [0.2, 0.25) is 0 Å². The average Bonchev–Trinajstić information content (AvgIpc) is 3.08. The summed E-state index contributed by atoms with van der Waals surface area (Å²) in [5.74, 6) is -1.16. The number of ether oxygens (including phenoxy) is 1. The van der Waals surface area contributed by atoms with Crippen LogP contribution < -0.4 is 9.62 Å². The van der Waals surface area contributed by atoms with Gasteiger partial charge in [-0.2, -0.15) is 0 Å². The number of hydrogen-bond acceptors (Lipinski definition) is 6. The van der Waals surface area contributed by atoms with E-state index < -0.39 is 21.9 Å². The molecule has 1 N–H and O–H groups in total. The van der Waals surface area contributed by atoms with E-state index in [2.05, 4.69) is 10.1 Å². The van der Waals surface area contributed by atoms with Gasteiger partial charge in [0.05, 0.1) is 17.7 Å².